The summed E-state index contributed by atoms with van der Waals surface area (Å²) in [4.78, 5) is 10.3. The van der Waals surface area contributed by atoms with Crippen molar-refractivity contribution >= 4 is 5.82 Å². The predicted octanol–water partition coefficient (Wildman–Crippen LogP) is 4.43. The number of phenolic OH excluding ortho intramolecular Hbond substituents is 1. The first-order valence-corrected chi connectivity index (χ1v) is 12.6. The van der Waals surface area contributed by atoms with Gasteiger partial charge in [0, 0.05) is 28.9 Å². The lowest BCUT2D eigenvalue weighted by atomic mass is 9.82. The maximum absolute atomic E-state index is 15.8. The van der Waals surface area contributed by atoms with E-state index in [1.54, 1.807) is 18.3 Å². The molecule has 10 heteroatoms. The summed E-state index contributed by atoms with van der Waals surface area (Å²) in [5.41, 5.74) is 1.00. The van der Waals surface area contributed by atoms with Crippen molar-refractivity contribution in [1.29, 1.82) is 0 Å². The molecule has 1 aliphatic carbocycles. The number of nitrogens with zero attached hydrogens (tertiary/aromatic N) is 5. The fourth-order valence-corrected chi connectivity index (χ4v) is 6.06. The molecule has 4 heterocycles. The highest BCUT2D eigenvalue weighted by molar-refractivity contribution is 5.73. The van der Waals surface area contributed by atoms with Gasteiger partial charge in [0.15, 0.2) is 17.4 Å². The van der Waals surface area contributed by atoms with E-state index in [0.717, 1.165) is 25.7 Å². The Kier molecular flexibility index (Phi) is 5.56. The lowest BCUT2D eigenvalue weighted by Gasteiger charge is -2.48. The Hall–Kier alpha value is -3.40. The Labute approximate surface area is 214 Å². The zero-order valence-corrected chi connectivity index (χ0v) is 21.1. The highest BCUT2D eigenvalue weighted by atomic mass is 19.1. The zero-order chi connectivity index (χ0) is 25.9. The van der Waals surface area contributed by atoms with E-state index < -0.39 is 17.7 Å². The molecule has 3 fully saturated rings. The second-order valence-corrected chi connectivity index (χ2v) is 11.0. The number of hydrogen-bond acceptors (Lipinski definition) is 8. The second-order valence-electron chi connectivity index (χ2n) is 11.0. The third kappa shape index (κ3) is 4.17. The van der Waals surface area contributed by atoms with Crippen LogP contribution in [0.5, 0.6) is 11.5 Å². The first kappa shape index (κ1) is 24.0. The van der Waals surface area contributed by atoms with Gasteiger partial charge in [0.05, 0.1) is 24.9 Å². The number of alkyl halides is 1. The molecule has 2 saturated heterocycles. The number of hydrogen-bond donors (Lipinski definition) is 2. The highest BCUT2D eigenvalue weighted by Gasteiger charge is 2.58. The number of halogens is 2. The van der Waals surface area contributed by atoms with Crippen LogP contribution in [-0.2, 0) is 0 Å². The van der Waals surface area contributed by atoms with Gasteiger partial charge in [-0.1, -0.05) is 6.07 Å². The minimum atomic E-state index is -1.03. The normalized spacial score (nSPS) is 28.8. The van der Waals surface area contributed by atoms with Crippen molar-refractivity contribution in [2.75, 3.05) is 12.0 Å². The van der Waals surface area contributed by atoms with E-state index in [2.05, 4.69) is 37.3 Å². The molecule has 1 saturated carbocycles. The Morgan fingerprint density at radius 3 is 2.57 bits per heavy atom. The average molecular weight is 509 g/mol. The van der Waals surface area contributed by atoms with E-state index in [0.29, 0.717) is 28.9 Å². The number of piperidine rings is 1. The maximum atomic E-state index is 15.8. The molecule has 3 aromatic rings. The number of nitrogens with one attached hydrogen (secondary N) is 1. The third-order valence-electron chi connectivity index (χ3n) is 8.10. The molecular formula is C27H30F2N6O2. The molecule has 3 aliphatic rings. The number of aromatic hydroxyl groups is 1. The average Bonchev–Trinajstić information content (AvgIpc) is 3.68. The standard InChI is InChI=1S/C27H30F2N6O2/c1-26-8-9-27(2,34-26)23(28)19(12-26)35(17-5-6-17)22-14-31-25(33-32-22)18-7-4-15(10-20(18)36)16-11-21(37-3)24(29)30-13-16/h4,7,10-11,13-14,17,19,23,34,36H,5-6,8-9,12H2,1-3H3/t19-,23-,26-,27+/m0/s1. The summed E-state index contributed by atoms with van der Waals surface area (Å²) < 4.78 is 34.5. The molecule has 2 bridgehead atoms. The van der Waals surface area contributed by atoms with Gasteiger partial charge in [0.1, 0.15) is 11.9 Å². The second kappa shape index (κ2) is 8.58. The summed E-state index contributed by atoms with van der Waals surface area (Å²) >= 11 is 0. The number of ether oxygens (including phenoxy) is 1. The van der Waals surface area contributed by atoms with Crippen LogP contribution in [-0.4, -0.2) is 61.7 Å². The number of aromatic nitrogens is 4. The molecule has 0 spiro atoms. The molecule has 6 rings (SSSR count). The first-order chi connectivity index (χ1) is 17.7. The fraction of sp³-hybridized carbons (Fsp3) is 0.481. The molecule has 8 nitrogen and oxygen atoms in total. The van der Waals surface area contributed by atoms with Crippen LogP contribution < -0.4 is 15.0 Å². The van der Waals surface area contributed by atoms with Crippen LogP contribution in [0.15, 0.2) is 36.7 Å². The Balaban J connectivity index is 1.27. The summed E-state index contributed by atoms with van der Waals surface area (Å²) in [6.07, 6.45) is 6.45. The predicted molar refractivity (Wildman–Crippen MR) is 135 cm³/mol. The zero-order valence-electron chi connectivity index (χ0n) is 21.1. The van der Waals surface area contributed by atoms with Gasteiger partial charge in [0.2, 0.25) is 0 Å². The molecule has 0 unspecified atom stereocenters. The van der Waals surface area contributed by atoms with Crippen molar-refractivity contribution < 1.29 is 18.6 Å². The molecule has 0 radical (unpaired) electrons. The summed E-state index contributed by atoms with van der Waals surface area (Å²) in [6, 6.07) is 6.45. The number of anilines is 1. The molecule has 2 aliphatic heterocycles. The largest absolute Gasteiger partial charge is 0.507 e. The highest BCUT2D eigenvalue weighted by Crippen LogP contribution is 2.47. The lowest BCUT2D eigenvalue weighted by Crippen LogP contribution is -2.66. The minimum absolute atomic E-state index is 0.0182. The molecule has 2 N–H and O–H groups in total. The third-order valence-corrected chi connectivity index (χ3v) is 8.10. The number of pyridine rings is 1. The van der Waals surface area contributed by atoms with Crippen LogP contribution in [0.3, 0.4) is 0 Å². The topological polar surface area (TPSA) is 96.3 Å². The van der Waals surface area contributed by atoms with Gasteiger partial charge in [0.25, 0.3) is 5.95 Å². The van der Waals surface area contributed by atoms with E-state index in [1.807, 2.05) is 6.92 Å². The summed E-state index contributed by atoms with van der Waals surface area (Å²) in [6.45, 7) is 4.16. The van der Waals surface area contributed by atoms with Gasteiger partial charge in [-0.05, 0) is 69.7 Å². The Morgan fingerprint density at radius 2 is 1.89 bits per heavy atom. The number of methoxy groups -OCH3 is 1. The first-order valence-electron chi connectivity index (χ1n) is 12.6. The summed E-state index contributed by atoms with van der Waals surface area (Å²) in [7, 11) is 1.37. The van der Waals surface area contributed by atoms with E-state index in [1.165, 1.54) is 25.4 Å². The summed E-state index contributed by atoms with van der Waals surface area (Å²) in [5.74, 6) is 0.0949. The van der Waals surface area contributed by atoms with Crippen molar-refractivity contribution in [3.05, 3.63) is 42.6 Å². The molecular weight excluding hydrogens is 478 g/mol. The van der Waals surface area contributed by atoms with Gasteiger partial charge in [-0.15, -0.1) is 10.2 Å². The molecule has 194 valence electrons. The Bertz CT molecular complexity index is 1340. The number of benzene rings is 1. The van der Waals surface area contributed by atoms with E-state index in [4.69, 9.17) is 4.74 Å². The van der Waals surface area contributed by atoms with Crippen molar-refractivity contribution in [1.82, 2.24) is 25.5 Å². The van der Waals surface area contributed by atoms with Crippen LogP contribution in [0.2, 0.25) is 0 Å². The van der Waals surface area contributed by atoms with Crippen LogP contribution in [0, 0.1) is 5.95 Å². The van der Waals surface area contributed by atoms with Crippen molar-refractivity contribution in [3.8, 4) is 34.0 Å². The Morgan fingerprint density at radius 1 is 1.08 bits per heavy atom. The van der Waals surface area contributed by atoms with E-state index in [-0.39, 0.29) is 34.9 Å². The summed E-state index contributed by atoms with van der Waals surface area (Å²) in [5, 5.41) is 23.0. The number of phenols is 1. The van der Waals surface area contributed by atoms with Gasteiger partial charge in [-0.25, -0.2) is 14.4 Å². The van der Waals surface area contributed by atoms with Crippen molar-refractivity contribution in [2.45, 2.75) is 75.3 Å². The van der Waals surface area contributed by atoms with Crippen LogP contribution in [0.4, 0.5) is 14.6 Å². The van der Waals surface area contributed by atoms with Crippen LogP contribution in [0.25, 0.3) is 22.5 Å². The minimum Gasteiger partial charge on any atom is -0.507 e. The molecule has 0 amide bonds. The molecule has 1 aromatic carbocycles. The van der Waals surface area contributed by atoms with Gasteiger partial charge >= 0.3 is 0 Å². The number of fused-ring (bicyclic) bond motifs is 2. The fourth-order valence-electron chi connectivity index (χ4n) is 6.06. The quantitative estimate of drug-likeness (QED) is 0.472. The van der Waals surface area contributed by atoms with E-state index in [9.17, 15) is 9.50 Å². The SMILES string of the molecule is COc1cc(-c2ccc(-c3ncc(N(C4CC4)[C@H]4C[C@]5(C)CC[C@@](C)(N5)[C@H]4F)nn3)c(O)c2)cnc1F. The maximum Gasteiger partial charge on any atom is 0.255 e. The molecule has 2 aromatic heterocycles. The monoisotopic (exact) mass is 508 g/mol. The van der Waals surface area contributed by atoms with E-state index >= 15 is 4.39 Å². The van der Waals surface area contributed by atoms with Crippen LogP contribution >= 0.6 is 0 Å². The molecule has 37 heavy (non-hydrogen) atoms. The smallest absolute Gasteiger partial charge is 0.255 e. The molecule has 4 atom stereocenters. The number of rotatable bonds is 6. The van der Waals surface area contributed by atoms with Crippen LogP contribution in [0.1, 0.15) is 46.0 Å². The van der Waals surface area contributed by atoms with Gasteiger partial charge < -0.3 is 20.1 Å². The van der Waals surface area contributed by atoms with Crippen molar-refractivity contribution in [3.63, 3.8) is 0 Å². The lowest BCUT2D eigenvalue weighted by molar-refractivity contribution is 0.0831. The van der Waals surface area contributed by atoms with Crippen molar-refractivity contribution in [2.24, 2.45) is 0 Å². The van der Waals surface area contributed by atoms with Gasteiger partial charge in [-0.3, -0.25) is 0 Å². The van der Waals surface area contributed by atoms with Gasteiger partial charge in [-0.2, -0.15) is 4.39 Å².